The van der Waals surface area contributed by atoms with Crippen LogP contribution in [-0.2, 0) is 4.74 Å². The molecule has 1 aromatic carbocycles. The minimum Gasteiger partial charge on any atom is -0.378 e. The van der Waals surface area contributed by atoms with Gasteiger partial charge in [0.25, 0.3) is 0 Å². The molecule has 1 aromatic heterocycles. The maximum Gasteiger partial charge on any atom is 0.246 e. The number of anilines is 4. The first kappa shape index (κ1) is 15.4. The van der Waals surface area contributed by atoms with Gasteiger partial charge in [-0.3, -0.25) is 5.01 Å². The molecule has 23 heavy (non-hydrogen) atoms. The number of aromatic nitrogens is 3. The minimum atomic E-state index is 0.447. The lowest BCUT2D eigenvalue weighted by Gasteiger charge is -2.27. The van der Waals surface area contributed by atoms with Crippen molar-refractivity contribution in [2.75, 3.05) is 48.1 Å². The fourth-order valence-electron chi connectivity index (χ4n) is 2.24. The van der Waals surface area contributed by atoms with Crippen LogP contribution in [0.1, 0.15) is 6.92 Å². The molecule has 1 saturated heterocycles. The number of hydrogen-bond acceptors (Lipinski definition) is 8. The number of benzene rings is 1. The van der Waals surface area contributed by atoms with Crippen molar-refractivity contribution < 1.29 is 4.74 Å². The van der Waals surface area contributed by atoms with E-state index in [2.05, 4.69) is 25.2 Å². The van der Waals surface area contributed by atoms with E-state index in [1.165, 1.54) is 5.01 Å². The molecule has 3 rings (SSSR count). The second-order valence-corrected chi connectivity index (χ2v) is 5.14. The molecule has 0 unspecified atom stereocenters. The summed E-state index contributed by atoms with van der Waals surface area (Å²) in [5.74, 6) is 7.50. The zero-order chi connectivity index (χ0) is 16.1. The SMILES string of the molecule is CCN(N)c1nc(Nc2ccccc2)nc(N2CCOCC2)n1. The van der Waals surface area contributed by atoms with E-state index in [9.17, 15) is 0 Å². The van der Waals surface area contributed by atoms with Crippen molar-refractivity contribution >= 4 is 23.5 Å². The van der Waals surface area contributed by atoms with Crippen molar-refractivity contribution in [3.05, 3.63) is 30.3 Å². The summed E-state index contributed by atoms with van der Waals surface area (Å²) in [7, 11) is 0. The molecule has 122 valence electrons. The van der Waals surface area contributed by atoms with Gasteiger partial charge in [-0.1, -0.05) is 18.2 Å². The summed E-state index contributed by atoms with van der Waals surface area (Å²) < 4.78 is 5.38. The van der Waals surface area contributed by atoms with Crippen LogP contribution in [0.2, 0.25) is 0 Å². The van der Waals surface area contributed by atoms with Gasteiger partial charge in [-0.05, 0) is 19.1 Å². The van der Waals surface area contributed by atoms with Gasteiger partial charge in [0.2, 0.25) is 17.8 Å². The molecule has 0 saturated carbocycles. The third-order valence-corrected chi connectivity index (χ3v) is 3.53. The molecule has 3 N–H and O–H groups in total. The Labute approximate surface area is 135 Å². The van der Waals surface area contributed by atoms with Crippen LogP contribution >= 0.6 is 0 Å². The van der Waals surface area contributed by atoms with E-state index in [0.717, 1.165) is 18.8 Å². The average molecular weight is 315 g/mol. The third-order valence-electron chi connectivity index (χ3n) is 3.53. The van der Waals surface area contributed by atoms with Gasteiger partial charge in [0.05, 0.1) is 13.2 Å². The highest BCUT2D eigenvalue weighted by atomic mass is 16.5. The Kier molecular flexibility index (Phi) is 4.84. The number of rotatable bonds is 5. The Balaban J connectivity index is 1.90. The maximum atomic E-state index is 5.96. The lowest BCUT2D eigenvalue weighted by Crippen LogP contribution is -2.38. The summed E-state index contributed by atoms with van der Waals surface area (Å²) in [4.78, 5) is 15.5. The van der Waals surface area contributed by atoms with Crippen molar-refractivity contribution in [1.82, 2.24) is 15.0 Å². The van der Waals surface area contributed by atoms with Gasteiger partial charge >= 0.3 is 0 Å². The Bertz CT molecular complexity index is 631. The summed E-state index contributed by atoms with van der Waals surface area (Å²) in [5.41, 5.74) is 0.914. The first-order chi connectivity index (χ1) is 11.3. The molecule has 0 bridgehead atoms. The predicted molar refractivity (Wildman–Crippen MR) is 89.8 cm³/mol. The molecule has 1 fully saturated rings. The highest BCUT2D eigenvalue weighted by Crippen LogP contribution is 2.19. The first-order valence-electron chi connectivity index (χ1n) is 7.69. The van der Waals surface area contributed by atoms with Gasteiger partial charge < -0.3 is 15.0 Å². The number of hydrogen-bond donors (Lipinski definition) is 2. The summed E-state index contributed by atoms with van der Waals surface area (Å²) >= 11 is 0. The fourth-order valence-corrected chi connectivity index (χ4v) is 2.24. The summed E-state index contributed by atoms with van der Waals surface area (Å²) in [6, 6.07) is 9.78. The molecule has 8 nitrogen and oxygen atoms in total. The number of morpholine rings is 1. The molecule has 2 heterocycles. The largest absolute Gasteiger partial charge is 0.378 e. The van der Waals surface area contributed by atoms with Crippen LogP contribution in [-0.4, -0.2) is 47.8 Å². The van der Waals surface area contributed by atoms with E-state index >= 15 is 0 Å². The average Bonchev–Trinajstić information content (AvgIpc) is 2.62. The van der Waals surface area contributed by atoms with Gasteiger partial charge in [0, 0.05) is 25.3 Å². The zero-order valence-electron chi connectivity index (χ0n) is 13.1. The third kappa shape index (κ3) is 3.85. The maximum absolute atomic E-state index is 5.96. The van der Waals surface area contributed by atoms with E-state index in [4.69, 9.17) is 10.6 Å². The molecule has 0 aliphatic carbocycles. The van der Waals surface area contributed by atoms with Crippen LogP contribution in [0.15, 0.2) is 30.3 Å². The van der Waals surface area contributed by atoms with Gasteiger partial charge in [0.15, 0.2) is 0 Å². The number of ether oxygens (including phenoxy) is 1. The normalized spacial score (nSPS) is 14.6. The van der Waals surface area contributed by atoms with Crippen LogP contribution in [0.5, 0.6) is 0 Å². The summed E-state index contributed by atoms with van der Waals surface area (Å²) in [5, 5.41) is 4.70. The first-order valence-corrected chi connectivity index (χ1v) is 7.69. The Morgan fingerprint density at radius 1 is 1.17 bits per heavy atom. The number of nitrogens with zero attached hydrogens (tertiary/aromatic N) is 5. The molecule has 0 amide bonds. The van der Waals surface area contributed by atoms with Gasteiger partial charge in [0.1, 0.15) is 0 Å². The van der Waals surface area contributed by atoms with Gasteiger partial charge in [-0.15, -0.1) is 0 Å². The highest BCUT2D eigenvalue weighted by Gasteiger charge is 2.18. The fraction of sp³-hybridized carbons (Fsp3) is 0.400. The Morgan fingerprint density at radius 3 is 2.61 bits per heavy atom. The van der Waals surface area contributed by atoms with E-state index in [1.54, 1.807) is 0 Å². The standard InChI is InChI=1S/C15H21N7O/c1-2-22(16)15-19-13(17-12-6-4-3-5-7-12)18-14(20-15)21-8-10-23-11-9-21/h3-7H,2,8-11,16H2,1H3,(H,17,18,19,20). The topological polar surface area (TPSA) is 92.4 Å². The molecule has 8 heteroatoms. The van der Waals surface area contributed by atoms with Crippen molar-refractivity contribution in [3.63, 3.8) is 0 Å². The van der Waals surface area contributed by atoms with E-state index in [0.29, 0.717) is 37.6 Å². The highest BCUT2D eigenvalue weighted by molar-refractivity contribution is 5.55. The summed E-state index contributed by atoms with van der Waals surface area (Å²) in [6.07, 6.45) is 0. The van der Waals surface area contributed by atoms with Crippen LogP contribution in [0.4, 0.5) is 23.5 Å². The predicted octanol–water partition coefficient (Wildman–Crippen LogP) is 1.15. The molecule has 1 aliphatic heterocycles. The van der Waals surface area contributed by atoms with Gasteiger partial charge in [-0.2, -0.15) is 15.0 Å². The van der Waals surface area contributed by atoms with Crippen molar-refractivity contribution in [2.24, 2.45) is 5.84 Å². The number of nitrogens with two attached hydrogens (primary N) is 1. The second kappa shape index (κ2) is 7.21. The van der Waals surface area contributed by atoms with E-state index in [-0.39, 0.29) is 0 Å². The minimum absolute atomic E-state index is 0.447. The molecular formula is C15H21N7O. The molecule has 0 radical (unpaired) electrons. The zero-order valence-corrected chi connectivity index (χ0v) is 13.1. The van der Waals surface area contributed by atoms with E-state index < -0.39 is 0 Å². The lowest BCUT2D eigenvalue weighted by atomic mass is 10.3. The van der Waals surface area contributed by atoms with Crippen molar-refractivity contribution in [3.8, 4) is 0 Å². The lowest BCUT2D eigenvalue weighted by molar-refractivity contribution is 0.122. The number of para-hydroxylation sites is 1. The van der Waals surface area contributed by atoms with Crippen molar-refractivity contribution in [1.29, 1.82) is 0 Å². The van der Waals surface area contributed by atoms with Crippen LogP contribution in [0, 0.1) is 0 Å². The van der Waals surface area contributed by atoms with Crippen molar-refractivity contribution in [2.45, 2.75) is 6.92 Å². The van der Waals surface area contributed by atoms with Gasteiger partial charge in [-0.25, -0.2) is 5.84 Å². The van der Waals surface area contributed by atoms with E-state index in [1.807, 2.05) is 37.3 Å². The van der Waals surface area contributed by atoms with Crippen LogP contribution in [0.3, 0.4) is 0 Å². The molecular weight excluding hydrogens is 294 g/mol. The second-order valence-electron chi connectivity index (χ2n) is 5.14. The molecule has 1 aliphatic rings. The monoisotopic (exact) mass is 315 g/mol. The molecule has 0 atom stereocenters. The quantitative estimate of drug-likeness (QED) is 0.627. The Morgan fingerprint density at radius 2 is 1.91 bits per heavy atom. The Hall–Kier alpha value is -2.45. The molecule has 0 spiro atoms. The smallest absolute Gasteiger partial charge is 0.246 e. The number of hydrazine groups is 1. The molecule has 2 aromatic rings. The summed E-state index contributed by atoms with van der Waals surface area (Å²) in [6.45, 7) is 5.40. The van der Waals surface area contributed by atoms with Crippen LogP contribution in [0.25, 0.3) is 0 Å². The van der Waals surface area contributed by atoms with Crippen LogP contribution < -0.4 is 21.1 Å². The number of nitrogens with one attached hydrogen (secondary N) is 1.